The molecule has 6 nitrogen and oxygen atoms in total. The quantitative estimate of drug-likeness (QED) is 0.324. The van der Waals surface area contributed by atoms with Gasteiger partial charge < -0.3 is 10.1 Å². The monoisotopic (exact) mass is 400 g/mol. The third-order valence-electron chi connectivity index (χ3n) is 3.91. The van der Waals surface area contributed by atoms with Crippen LogP contribution in [0.4, 0.5) is 0 Å². The number of hydroxylamine groups is 1. The summed E-state index contributed by atoms with van der Waals surface area (Å²) in [6.45, 7) is 0.316. The minimum absolute atomic E-state index is 0.138. The predicted octanol–water partition coefficient (Wildman–Crippen LogP) is 3.14. The van der Waals surface area contributed by atoms with Crippen LogP contribution < -0.4 is 15.5 Å². The lowest BCUT2D eigenvalue weighted by Crippen LogP contribution is -2.38. The van der Waals surface area contributed by atoms with Crippen LogP contribution in [0.1, 0.15) is 22.3 Å². The Hall–Kier alpha value is -2.77. The Labute approximate surface area is 168 Å². The average Bonchev–Trinajstić information content (AvgIpc) is 2.74. The van der Waals surface area contributed by atoms with Crippen LogP contribution in [0.15, 0.2) is 60.7 Å². The highest BCUT2D eigenvalue weighted by Crippen LogP contribution is 2.13. The minimum Gasteiger partial charge on any atom is -0.491 e. The molecule has 0 heterocycles. The highest BCUT2D eigenvalue weighted by molar-refractivity contribution is 7.98. The van der Waals surface area contributed by atoms with Crippen LogP contribution >= 0.6 is 11.8 Å². The predicted molar refractivity (Wildman–Crippen MR) is 112 cm³/mol. The molecule has 0 fully saturated rings. The summed E-state index contributed by atoms with van der Waals surface area (Å²) in [6.07, 6.45) is 6.08. The zero-order chi connectivity index (χ0) is 20.2. The van der Waals surface area contributed by atoms with Gasteiger partial charge in [-0.3, -0.25) is 14.8 Å². The first-order valence-electron chi connectivity index (χ1n) is 8.82. The van der Waals surface area contributed by atoms with E-state index in [2.05, 4.69) is 5.32 Å². The van der Waals surface area contributed by atoms with E-state index in [1.54, 1.807) is 47.6 Å². The second kappa shape index (κ2) is 11.8. The molecule has 2 rings (SSSR count). The maximum Gasteiger partial charge on any atom is 0.274 e. The third-order valence-corrected chi connectivity index (χ3v) is 4.56. The van der Waals surface area contributed by atoms with E-state index < -0.39 is 5.91 Å². The van der Waals surface area contributed by atoms with E-state index in [0.29, 0.717) is 17.9 Å². The molecule has 148 valence electrons. The number of hydrogen-bond acceptors (Lipinski definition) is 5. The molecule has 0 aliphatic rings. The second-order valence-corrected chi connectivity index (χ2v) is 6.99. The van der Waals surface area contributed by atoms with Gasteiger partial charge in [0.05, 0.1) is 6.04 Å². The summed E-state index contributed by atoms with van der Waals surface area (Å²) >= 11 is 1.70. The lowest BCUT2D eigenvalue weighted by molar-refractivity contribution is -0.117. The van der Waals surface area contributed by atoms with Crippen molar-refractivity contribution in [2.45, 2.75) is 12.5 Å². The van der Waals surface area contributed by atoms with Gasteiger partial charge in [-0.2, -0.15) is 11.8 Å². The van der Waals surface area contributed by atoms with Crippen molar-refractivity contribution in [3.8, 4) is 5.75 Å². The fourth-order valence-electron chi connectivity index (χ4n) is 2.41. The first-order valence-corrected chi connectivity index (χ1v) is 10.2. The van der Waals surface area contributed by atoms with E-state index in [-0.39, 0.29) is 11.9 Å². The highest BCUT2D eigenvalue weighted by atomic mass is 32.2. The van der Waals surface area contributed by atoms with Gasteiger partial charge in [0.15, 0.2) is 0 Å². The lowest BCUT2D eigenvalue weighted by Gasteiger charge is -2.18. The Bertz CT molecular complexity index is 779. The Morgan fingerprint density at radius 1 is 1.14 bits per heavy atom. The van der Waals surface area contributed by atoms with E-state index in [9.17, 15) is 9.59 Å². The first kappa shape index (κ1) is 21.5. The fraction of sp³-hybridized carbons (Fsp3) is 0.238. The van der Waals surface area contributed by atoms with Gasteiger partial charge in [-0.15, -0.1) is 0 Å². The van der Waals surface area contributed by atoms with Crippen molar-refractivity contribution in [1.29, 1.82) is 0 Å². The smallest absolute Gasteiger partial charge is 0.274 e. The number of thioether (sulfide) groups is 1. The number of carbonyl (C=O) groups excluding carboxylic acids is 2. The Morgan fingerprint density at radius 3 is 2.50 bits per heavy atom. The van der Waals surface area contributed by atoms with E-state index in [1.165, 1.54) is 6.08 Å². The van der Waals surface area contributed by atoms with Crippen LogP contribution in [-0.2, 0) is 4.79 Å². The molecule has 7 heteroatoms. The van der Waals surface area contributed by atoms with Gasteiger partial charge >= 0.3 is 0 Å². The number of hydrogen-bond donors (Lipinski definition) is 3. The molecule has 2 aromatic rings. The van der Waals surface area contributed by atoms with E-state index in [4.69, 9.17) is 9.94 Å². The van der Waals surface area contributed by atoms with Crippen molar-refractivity contribution in [3.05, 3.63) is 71.8 Å². The number of nitrogens with one attached hydrogen (secondary N) is 2. The topological polar surface area (TPSA) is 87.7 Å². The van der Waals surface area contributed by atoms with E-state index in [1.807, 2.05) is 36.6 Å². The molecule has 0 saturated carbocycles. The summed E-state index contributed by atoms with van der Waals surface area (Å²) in [6, 6.07) is 15.9. The molecule has 0 bridgehead atoms. The Morgan fingerprint density at radius 2 is 1.86 bits per heavy atom. The van der Waals surface area contributed by atoms with E-state index in [0.717, 1.165) is 17.7 Å². The maximum absolute atomic E-state index is 12.2. The van der Waals surface area contributed by atoms with Crippen LogP contribution in [-0.4, -0.2) is 41.7 Å². The first-order chi connectivity index (χ1) is 13.6. The summed E-state index contributed by atoms with van der Waals surface area (Å²) < 4.78 is 5.75. The number of benzene rings is 2. The molecule has 0 radical (unpaired) electrons. The van der Waals surface area contributed by atoms with Gasteiger partial charge in [0, 0.05) is 11.6 Å². The van der Waals surface area contributed by atoms with Gasteiger partial charge in [0.2, 0.25) is 5.91 Å². The lowest BCUT2D eigenvalue weighted by atomic mass is 10.2. The summed E-state index contributed by atoms with van der Waals surface area (Å²) in [7, 11) is 0. The highest BCUT2D eigenvalue weighted by Gasteiger charge is 2.12. The summed E-state index contributed by atoms with van der Waals surface area (Å²) in [4.78, 5) is 23.6. The van der Waals surface area contributed by atoms with Gasteiger partial charge in [-0.1, -0.05) is 30.3 Å². The Balaban J connectivity index is 1.90. The van der Waals surface area contributed by atoms with Crippen molar-refractivity contribution in [2.75, 3.05) is 18.6 Å². The molecule has 2 amide bonds. The number of amides is 2. The molecule has 3 N–H and O–H groups in total. The molecule has 28 heavy (non-hydrogen) atoms. The van der Waals surface area contributed by atoms with Gasteiger partial charge in [0.1, 0.15) is 12.4 Å². The van der Waals surface area contributed by atoms with Crippen molar-refractivity contribution in [2.24, 2.45) is 0 Å². The van der Waals surface area contributed by atoms with Crippen LogP contribution in [0.25, 0.3) is 6.08 Å². The molecule has 0 aromatic heterocycles. The van der Waals surface area contributed by atoms with Crippen LogP contribution in [0.5, 0.6) is 5.75 Å². The molecular weight excluding hydrogens is 376 g/mol. The van der Waals surface area contributed by atoms with Crippen molar-refractivity contribution < 1.29 is 19.5 Å². The van der Waals surface area contributed by atoms with Crippen molar-refractivity contribution in [1.82, 2.24) is 10.8 Å². The van der Waals surface area contributed by atoms with Gasteiger partial charge in [0.25, 0.3) is 5.91 Å². The number of carbonyl (C=O) groups is 2. The van der Waals surface area contributed by atoms with Crippen LogP contribution in [0, 0.1) is 0 Å². The molecular formula is C21H24N2O4S. The molecule has 1 atom stereocenters. The normalized spacial score (nSPS) is 11.8. The summed E-state index contributed by atoms with van der Waals surface area (Å²) in [5.74, 6) is 0.722. The van der Waals surface area contributed by atoms with Crippen LogP contribution in [0.2, 0.25) is 0 Å². The SMILES string of the molecule is CSCC[C@H](COc1ccc(C(=O)NO)cc1)NC(=O)/C=C/c1ccccc1. The van der Waals surface area contributed by atoms with Crippen molar-refractivity contribution in [3.63, 3.8) is 0 Å². The second-order valence-electron chi connectivity index (χ2n) is 6.01. The summed E-state index contributed by atoms with van der Waals surface area (Å²) in [5, 5.41) is 11.6. The average molecular weight is 401 g/mol. The minimum atomic E-state index is -0.582. The maximum atomic E-state index is 12.2. The fourth-order valence-corrected chi connectivity index (χ4v) is 2.93. The number of ether oxygens (including phenoxy) is 1. The van der Waals surface area contributed by atoms with E-state index >= 15 is 0 Å². The molecule has 2 aromatic carbocycles. The molecule has 0 unspecified atom stereocenters. The Kier molecular flexibility index (Phi) is 9.10. The summed E-state index contributed by atoms with van der Waals surface area (Å²) in [5.41, 5.74) is 2.87. The molecule has 0 aliphatic carbocycles. The standard InChI is InChI=1S/C21H24N2O4S/c1-28-14-13-18(22-20(24)12-7-16-5-3-2-4-6-16)15-27-19-10-8-17(9-11-19)21(25)23-26/h2-12,18,26H,13-15H2,1H3,(H,22,24)(H,23,25)/b12-7+/t18-/m1/s1. The van der Waals surface area contributed by atoms with Gasteiger partial charge in [-0.05, 0) is 54.3 Å². The zero-order valence-corrected chi connectivity index (χ0v) is 16.4. The molecule has 0 saturated heterocycles. The largest absolute Gasteiger partial charge is 0.491 e. The van der Waals surface area contributed by atoms with Crippen LogP contribution in [0.3, 0.4) is 0 Å². The zero-order valence-electron chi connectivity index (χ0n) is 15.6. The number of rotatable bonds is 10. The van der Waals surface area contributed by atoms with Crippen molar-refractivity contribution >= 4 is 29.7 Å². The third kappa shape index (κ3) is 7.46. The molecule has 0 spiro atoms. The molecule has 0 aliphatic heterocycles. The van der Waals surface area contributed by atoms with Gasteiger partial charge in [-0.25, -0.2) is 5.48 Å².